The molecule has 0 unspecified atom stereocenters. The van der Waals surface area contributed by atoms with E-state index in [1.165, 1.54) is 25.7 Å². The molecule has 0 radical (unpaired) electrons. The molecule has 0 spiro atoms. The lowest BCUT2D eigenvalue weighted by Crippen LogP contribution is -2.29. The summed E-state index contributed by atoms with van der Waals surface area (Å²) in [6.45, 7) is 3.07. The van der Waals surface area contributed by atoms with Crippen molar-refractivity contribution in [2.45, 2.75) is 45.4 Å². The first-order chi connectivity index (χ1) is 12.2. The topological polar surface area (TPSA) is 84.7 Å². The van der Waals surface area contributed by atoms with Crippen molar-refractivity contribution in [3.63, 3.8) is 0 Å². The van der Waals surface area contributed by atoms with E-state index in [2.05, 4.69) is 25.7 Å². The average molecular weight is 342 g/mol. The number of amides is 1. The molecular weight excluding hydrogens is 316 g/mol. The van der Waals surface area contributed by atoms with Crippen molar-refractivity contribution in [3.05, 3.63) is 30.4 Å². The van der Waals surface area contributed by atoms with Gasteiger partial charge in [-0.25, -0.2) is 14.6 Å². The van der Waals surface area contributed by atoms with E-state index in [0.717, 1.165) is 24.0 Å². The van der Waals surface area contributed by atoms with Gasteiger partial charge in [-0.1, -0.05) is 25.7 Å². The van der Waals surface area contributed by atoms with Gasteiger partial charge in [-0.2, -0.15) is 5.10 Å². The molecule has 7 nitrogen and oxygen atoms in total. The molecule has 1 aliphatic rings. The number of hydrogen-bond donors (Lipinski definition) is 2. The van der Waals surface area contributed by atoms with Gasteiger partial charge < -0.3 is 10.6 Å². The number of carbonyl (C=O) groups excluding carboxylic acids is 1. The highest BCUT2D eigenvalue weighted by Gasteiger charge is 2.15. The molecule has 1 amide bonds. The Hall–Kier alpha value is -2.44. The summed E-state index contributed by atoms with van der Waals surface area (Å²) in [5, 5.41) is 10.4. The normalized spacial score (nSPS) is 14.6. The minimum absolute atomic E-state index is 0.143. The number of aryl methyl sites for hydroxylation is 1. The van der Waals surface area contributed by atoms with E-state index in [1.54, 1.807) is 10.9 Å². The number of aromatic nitrogens is 4. The van der Waals surface area contributed by atoms with Gasteiger partial charge in [0.25, 0.3) is 0 Å². The highest BCUT2D eigenvalue weighted by Crippen LogP contribution is 2.28. The molecule has 0 bridgehead atoms. The third-order valence-electron chi connectivity index (χ3n) is 4.57. The molecule has 0 aromatic carbocycles. The second-order valence-electron chi connectivity index (χ2n) is 6.58. The lowest BCUT2D eigenvalue weighted by molar-refractivity contribution is -0.121. The fourth-order valence-corrected chi connectivity index (χ4v) is 3.28. The molecule has 1 aliphatic carbocycles. The van der Waals surface area contributed by atoms with E-state index in [-0.39, 0.29) is 5.91 Å². The van der Waals surface area contributed by atoms with Crippen LogP contribution in [0, 0.1) is 12.8 Å². The number of nitrogens with zero attached hydrogens (tertiary/aromatic N) is 4. The van der Waals surface area contributed by atoms with E-state index < -0.39 is 0 Å². The molecule has 2 aromatic rings. The van der Waals surface area contributed by atoms with Crippen LogP contribution in [0.5, 0.6) is 0 Å². The van der Waals surface area contributed by atoms with Gasteiger partial charge in [-0.05, 0) is 25.3 Å². The van der Waals surface area contributed by atoms with E-state index in [4.69, 9.17) is 0 Å². The number of nitrogens with one attached hydrogen (secondary N) is 2. The zero-order valence-electron chi connectivity index (χ0n) is 14.7. The van der Waals surface area contributed by atoms with Crippen molar-refractivity contribution in [1.82, 2.24) is 25.1 Å². The Morgan fingerprint density at radius 3 is 2.88 bits per heavy atom. The van der Waals surface area contributed by atoms with Crippen molar-refractivity contribution >= 4 is 11.7 Å². The molecule has 1 saturated carbocycles. The van der Waals surface area contributed by atoms with Crippen molar-refractivity contribution in [3.8, 4) is 5.82 Å². The molecular formula is C18H26N6O. The standard InChI is InChI=1S/C18H26N6O/c1-14-22-16(13-17(23-14)24-12-4-9-21-24)19-10-11-20-18(25)8-7-15-5-2-3-6-15/h4,9,12-13,15H,2-3,5-8,10-11H2,1H3,(H,20,25)(H,19,22,23). The summed E-state index contributed by atoms with van der Waals surface area (Å²) in [6, 6.07) is 3.70. The number of carbonyl (C=O) groups is 1. The summed E-state index contributed by atoms with van der Waals surface area (Å²) >= 11 is 0. The van der Waals surface area contributed by atoms with Gasteiger partial charge in [0.1, 0.15) is 11.6 Å². The van der Waals surface area contributed by atoms with Gasteiger partial charge >= 0.3 is 0 Å². The minimum Gasteiger partial charge on any atom is -0.368 e. The maximum atomic E-state index is 11.9. The zero-order chi connectivity index (χ0) is 17.5. The quantitative estimate of drug-likeness (QED) is 0.720. The van der Waals surface area contributed by atoms with Crippen LogP contribution in [0.2, 0.25) is 0 Å². The summed E-state index contributed by atoms with van der Waals surface area (Å²) < 4.78 is 1.70. The van der Waals surface area contributed by atoms with Gasteiger partial charge in [0.2, 0.25) is 5.91 Å². The third-order valence-corrected chi connectivity index (χ3v) is 4.57. The lowest BCUT2D eigenvalue weighted by atomic mass is 10.0. The fraction of sp³-hybridized carbons (Fsp3) is 0.556. The monoisotopic (exact) mass is 342 g/mol. The van der Waals surface area contributed by atoms with E-state index in [0.29, 0.717) is 25.3 Å². The van der Waals surface area contributed by atoms with Crippen LogP contribution in [0.4, 0.5) is 5.82 Å². The Morgan fingerprint density at radius 1 is 1.28 bits per heavy atom. The van der Waals surface area contributed by atoms with Crippen LogP contribution in [-0.2, 0) is 4.79 Å². The van der Waals surface area contributed by atoms with Crippen LogP contribution in [-0.4, -0.2) is 38.7 Å². The first kappa shape index (κ1) is 17.4. The maximum absolute atomic E-state index is 11.9. The van der Waals surface area contributed by atoms with Gasteiger partial charge in [-0.3, -0.25) is 4.79 Å². The van der Waals surface area contributed by atoms with Gasteiger partial charge in [0.15, 0.2) is 5.82 Å². The molecule has 7 heteroatoms. The zero-order valence-corrected chi connectivity index (χ0v) is 14.7. The summed E-state index contributed by atoms with van der Waals surface area (Å²) in [4.78, 5) is 20.6. The molecule has 2 N–H and O–H groups in total. The van der Waals surface area contributed by atoms with E-state index in [1.807, 2.05) is 25.3 Å². The van der Waals surface area contributed by atoms with Crippen LogP contribution < -0.4 is 10.6 Å². The molecule has 0 atom stereocenters. The van der Waals surface area contributed by atoms with Gasteiger partial charge in [0, 0.05) is 38.0 Å². The number of anilines is 1. The highest BCUT2D eigenvalue weighted by atomic mass is 16.1. The Balaban J connectivity index is 1.40. The summed E-state index contributed by atoms with van der Waals surface area (Å²) in [5.74, 6) is 3.04. The first-order valence-corrected chi connectivity index (χ1v) is 9.07. The number of rotatable bonds is 8. The predicted molar refractivity (Wildman–Crippen MR) is 96.6 cm³/mol. The SMILES string of the molecule is Cc1nc(NCCNC(=O)CCC2CCCC2)cc(-n2cccn2)n1. The molecule has 2 heterocycles. The first-order valence-electron chi connectivity index (χ1n) is 9.07. The van der Waals surface area contributed by atoms with Crippen LogP contribution >= 0.6 is 0 Å². The van der Waals surface area contributed by atoms with Crippen LogP contribution in [0.1, 0.15) is 44.3 Å². The van der Waals surface area contributed by atoms with Crippen LogP contribution in [0.15, 0.2) is 24.5 Å². The largest absolute Gasteiger partial charge is 0.368 e. The van der Waals surface area contributed by atoms with Crippen LogP contribution in [0.25, 0.3) is 5.82 Å². The molecule has 2 aromatic heterocycles. The molecule has 25 heavy (non-hydrogen) atoms. The smallest absolute Gasteiger partial charge is 0.220 e. The molecule has 1 fully saturated rings. The van der Waals surface area contributed by atoms with Crippen molar-refractivity contribution in [2.75, 3.05) is 18.4 Å². The summed E-state index contributed by atoms with van der Waals surface area (Å²) in [7, 11) is 0. The Morgan fingerprint density at radius 2 is 2.12 bits per heavy atom. The molecule has 0 saturated heterocycles. The number of hydrogen-bond acceptors (Lipinski definition) is 5. The average Bonchev–Trinajstić information content (AvgIpc) is 3.30. The Kier molecular flexibility index (Phi) is 5.98. The lowest BCUT2D eigenvalue weighted by Gasteiger charge is -2.11. The van der Waals surface area contributed by atoms with Gasteiger partial charge in [0.05, 0.1) is 0 Å². The van der Waals surface area contributed by atoms with Crippen molar-refractivity contribution < 1.29 is 4.79 Å². The van der Waals surface area contributed by atoms with Gasteiger partial charge in [-0.15, -0.1) is 0 Å². The fourth-order valence-electron chi connectivity index (χ4n) is 3.28. The predicted octanol–water partition coefficient (Wildman–Crippen LogP) is 2.47. The molecule has 134 valence electrons. The van der Waals surface area contributed by atoms with Crippen LogP contribution in [0.3, 0.4) is 0 Å². The molecule has 0 aliphatic heterocycles. The second-order valence-corrected chi connectivity index (χ2v) is 6.58. The third kappa shape index (κ3) is 5.27. The van der Waals surface area contributed by atoms with Crippen molar-refractivity contribution in [2.24, 2.45) is 5.92 Å². The van der Waals surface area contributed by atoms with Crippen molar-refractivity contribution in [1.29, 1.82) is 0 Å². The summed E-state index contributed by atoms with van der Waals surface area (Å²) in [5.41, 5.74) is 0. The Labute approximate surface area is 148 Å². The van der Waals surface area contributed by atoms with E-state index in [9.17, 15) is 4.79 Å². The van der Waals surface area contributed by atoms with E-state index >= 15 is 0 Å². The maximum Gasteiger partial charge on any atom is 0.220 e. The highest BCUT2D eigenvalue weighted by molar-refractivity contribution is 5.75. The second kappa shape index (κ2) is 8.60. The summed E-state index contributed by atoms with van der Waals surface area (Å²) in [6.07, 6.45) is 10.5. The minimum atomic E-state index is 0.143. The molecule has 3 rings (SSSR count). The Bertz CT molecular complexity index is 679.